The van der Waals surface area contributed by atoms with E-state index in [1.807, 2.05) is 6.07 Å². The monoisotopic (exact) mass is 340 g/mol. The van der Waals surface area contributed by atoms with E-state index in [9.17, 15) is 5.26 Å². The standard InChI is InChI=1S/C21H28N2O2/c1-4-23(3)19-12-16-6-5-15(13-22)11-18(16)20(2)14-21(8-7-17(19)20)24-9-10-25-21/h5-6,11,17,19H,4,7-10,12,14H2,1-3H3/t17-,19+,20-/m0/s1. The van der Waals surface area contributed by atoms with E-state index in [1.54, 1.807) is 0 Å². The highest BCUT2D eigenvalue weighted by Crippen LogP contribution is 2.55. The van der Waals surface area contributed by atoms with Crippen LogP contribution >= 0.6 is 0 Å². The SMILES string of the molecule is CCN(C)[C@@H]1Cc2ccc(C#N)cc2[C@@]2(C)CC3(CC[C@@H]12)OCCO3. The Balaban J connectivity index is 1.81. The largest absolute Gasteiger partial charge is 0.348 e. The second-order valence-electron chi connectivity index (χ2n) is 8.18. The molecule has 0 unspecified atom stereocenters. The van der Waals surface area contributed by atoms with Crippen molar-refractivity contribution < 1.29 is 9.47 Å². The molecule has 134 valence electrons. The molecule has 0 N–H and O–H groups in total. The Morgan fingerprint density at radius 3 is 2.76 bits per heavy atom. The van der Waals surface area contributed by atoms with Gasteiger partial charge in [-0.2, -0.15) is 5.26 Å². The van der Waals surface area contributed by atoms with Crippen LogP contribution in [0.15, 0.2) is 18.2 Å². The van der Waals surface area contributed by atoms with Gasteiger partial charge in [-0.3, -0.25) is 0 Å². The minimum atomic E-state index is -0.419. The van der Waals surface area contributed by atoms with Crippen molar-refractivity contribution in [2.24, 2.45) is 5.92 Å². The van der Waals surface area contributed by atoms with Gasteiger partial charge in [0.15, 0.2) is 5.79 Å². The Morgan fingerprint density at radius 1 is 1.32 bits per heavy atom. The first-order chi connectivity index (χ1) is 12.0. The molecule has 2 aliphatic carbocycles. The zero-order valence-corrected chi connectivity index (χ0v) is 15.5. The third-order valence-electron chi connectivity index (χ3n) is 6.92. The molecular weight excluding hydrogens is 312 g/mol. The normalized spacial score (nSPS) is 33.1. The molecule has 3 atom stereocenters. The smallest absolute Gasteiger partial charge is 0.169 e. The summed E-state index contributed by atoms with van der Waals surface area (Å²) in [6.45, 7) is 7.06. The Hall–Kier alpha value is -1.41. The van der Waals surface area contributed by atoms with Gasteiger partial charge >= 0.3 is 0 Å². The van der Waals surface area contributed by atoms with Gasteiger partial charge in [0.05, 0.1) is 24.8 Å². The maximum atomic E-state index is 9.39. The molecule has 0 amide bonds. The third-order valence-corrected chi connectivity index (χ3v) is 6.92. The van der Waals surface area contributed by atoms with E-state index < -0.39 is 5.79 Å². The quantitative estimate of drug-likeness (QED) is 0.829. The van der Waals surface area contributed by atoms with Gasteiger partial charge < -0.3 is 14.4 Å². The van der Waals surface area contributed by atoms with Crippen molar-refractivity contribution >= 4 is 0 Å². The summed E-state index contributed by atoms with van der Waals surface area (Å²) in [7, 11) is 2.24. The van der Waals surface area contributed by atoms with Gasteiger partial charge in [0.25, 0.3) is 0 Å². The van der Waals surface area contributed by atoms with E-state index in [0.29, 0.717) is 25.2 Å². The molecule has 1 heterocycles. The van der Waals surface area contributed by atoms with Crippen LogP contribution in [0, 0.1) is 17.2 Å². The first kappa shape index (κ1) is 17.0. The zero-order valence-electron chi connectivity index (χ0n) is 15.5. The number of hydrogen-bond donors (Lipinski definition) is 0. The molecule has 2 fully saturated rings. The van der Waals surface area contributed by atoms with Crippen molar-refractivity contribution in [2.75, 3.05) is 26.8 Å². The van der Waals surface area contributed by atoms with Crippen LogP contribution in [0.5, 0.6) is 0 Å². The minimum Gasteiger partial charge on any atom is -0.348 e. The fourth-order valence-corrected chi connectivity index (χ4v) is 5.55. The Labute approximate surface area is 150 Å². The maximum absolute atomic E-state index is 9.39. The number of benzene rings is 1. The first-order valence-corrected chi connectivity index (χ1v) is 9.53. The van der Waals surface area contributed by atoms with Gasteiger partial charge in [-0.1, -0.05) is 19.9 Å². The third kappa shape index (κ3) is 2.61. The van der Waals surface area contributed by atoms with Crippen LogP contribution in [0.3, 0.4) is 0 Å². The van der Waals surface area contributed by atoms with Crippen molar-refractivity contribution in [2.45, 2.75) is 56.8 Å². The lowest BCUT2D eigenvalue weighted by Crippen LogP contribution is -2.58. The van der Waals surface area contributed by atoms with E-state index >= 15 is 0 Å². The van der Waals surface area contributed by atoms with Crippen LogP contribution in [-0.2, 0) is 21.3 Å². The Kier molecular flexibility index (Phi) is 4.15. The van der Waals surface area contributed by atoms with Crippen LogP contribution in [0.1, 0.15) is 49.8 Å². The zero-order chi connectivity index (χ0) is 17.7. The summed E-state index contributed by atoms with van der Waals surface area (Å²) in [4.78, 5) is 2.50. The van der Waals surface area contributed by atoms with E-state index in [0.717, 1.165) is 37.8 Å². The molecule has 25 heavy (non-hydrogen) atoms. The lowest BCUT2D eigenvalue weighted by molar-refractivity contribution is -0.204. The van der Waals surface area contributed by atoms with E-state index in [2.05, 4.69) is 44.0 Å². The molecule has 3 aliphatic rings. The highest BCUT2D eigenvalue weighted by Gasteiger charge is 2.56. The molecule has 1 aliphatic heterocycles. The summed E-state index contributed by atoms with van der Waals surface area (Å²) < 4.78 is 12.2. The molecule has 1 saturated carbocycles. The predicted octanol–water partition coefficient (Wildman–Crippen LogP) is 3.24. The molecule has 0 radical (unpaired) electrons. The molecule has 4 heteroatoms. The molecule has 1 saturated heterocycles. The van der Waals surface area contributed by atoms with Gasteiger partial charge in [0.2, 0.25) is 0 Å². The van der Waals surface area contributed by atoms with Crippen molar-refractivity contribution in [1.82, 2.24) is 4.90 Å². The van der Waals surface area contributed by atoms with Crippen LogP contribution in [0.25, 0.3) is 0 Å². The summed E-state index contributed by atoms with van der Waals surface area (Å²) in [5.74, 6) is 0.148. The Bertz CT molecular complexity index is 704. The van der Waals surface area contributed by atoms with Gasteiger partial charge in [0, 0.05) is 24.3 Å². The van der Waals surface area contributed by atoms with Gasteiger partial charge in [0.1, 0.15) is 0 Å². The highest BCUT2D eigenvalue weighted by molar-refractivity contribution is 5.46. The lowest BCUT2D eigenvalue weighted by atomic mass is 9.55. The fourth-order valence-electron chi connectivity index (χ4n) is 5.55. The van der Waals surface area contributed by atoms with E-state index in [4.69, 9.17) is 9.47 Å². The van der Waals surface area contributed by atoms with Crippen LogP contribution < -0.4 is 0 Å². The van der Waals surface area contributed by atoms with E-state index in [1.165, 1.54) is 11.1 Å². The fraction of sp³-hybridized carbons (Fsp3) is 0.667. The van der Waals surface area contributed by atoms with Crippen molar-refractivity contribution in [1.29, 1.82) is 5.26 Å². The van der Waals surface area contributed by atoms with Crippen molar-refractivity contribution in [3.05, 3.63) is 34.9 Å². The number of nitrogens with zero attached hydrogens (tertiary/aromatic N) is 2. The van der Waals surface area contributed by atoms with E-state index in [-0.39, 0.29) is 5.41 Å². The number of fused-ring (bicyclic) bond motifs is 3. The summed E-state index contributed by atoms with van der Waals surface area (Å²) in [6, 6.07) is 9.12. The molecule has 1 aromatic rings. The first-order valence-electron chi connectivity index (χ1n) is 9.53. The maximum Gasteiger partial charge on any atom is 0.169 e. The molecule has 4 rings (SSSR count). The number of nitriles is 1. The number of rotatable bonds is 2. The average molecular weight is 340 g/mol. The van der Waals surface area contributed by atoms with Gasteiger partial charge in [-0.05, 0) is 55.6 Å². The van der Waals surface area contributed by atoms with Crippen molar-refractivity contribution in [3.63, 3.8) is 0 Å². The lowest BCUT2D eigenvalue weighted by Gasteiger charge is -2.55. The highest BCUT2D eigenvalue weighted by atomic mass is 16.7. The second kappa shape index (κ2) is 6.09. The minimum absolute atomic E-state index is 0.0167. The Morgan fingerprint density at radius 2 is 2.08 bits per heavy atom. The molecule has 0 bridgehead atoms. The second-order valence-corrected chi connectivity index (χ2v) is 8.18. The molecule has 4 nitrogen and oxygen atoms in total. The van der Waals surface area contributed by atoms with Crippen LogP contribution in [0.4, 0.5) is 0 Å². The average Bonchev–Trinajstić information content (AvgIpc) is 3.07. The summed E-state index contributed by atoms with van der Waals surface area (Å²) in [5, 5.41) is 9.39. The molecule has 1 spiro atoms. The number of ether oxygens (including phenoxy) is 2. The predicted molar refractivity (Wildman–Crippen MR) is 96.3 cm³/mol. The molecular formula is C21H28N2O2. The summed E-state index contributed by atoms with van der Waals surface area (Å²) in [6.07, 6.45) is 4.05. The number of hydrogen-bond acceptors (Lipinski definition) is 4. The van der Waals surface area contributed by atoms with Crippen LogP contribution in [0.2, 0.25) is 0 Å². The van der Waals surface area contributed by atoms with Crippen LogP contribution in [-0.4, -0.2) is 43.5 Å². The van der Waals surface area contributed by atoms with Gasteiger partial charge in [-0.15, -0.1) is 0 Å². The molecule has 0 aromatic heterocycles. The summed E-state index contributed by atoms with van der Waals surface area (Å²) in [5.41, 5.74) is 3.47. The molecule has 1 aromatic carbocycles. The number of likely N-dealkylation sites (N-methyl/N-ethyl adjacent to an activating group) is 1. The topological polar surface area (TPSA) is 45.5 Å². The van der Waals surface area contributed by atoms with Gasteiger partial charge in [-0.25, -0.2) is 0 Å². The van der Waals surface area contributed by atoms with Crippen molar-refractivity contribution in [3.8, 4) is 6.07 Å². The summed E-state index contributed by atoms with van der Waals surface area (Å²) >= 11 is 0.